The molecule has 3 nitrogen and oxygen atoms in total. The predicted octanol–water partition coefficient (Wildman–Crippen LogP) is 5.64. The molecule has 1 aromatic carbocycles. The minimum Gasteiger partial charge on any atom is -0.401 e. The van der Waals surface area contributed by atoms with Crippen LogP contribution < -0.4 is 5.73 Å². The first kappa shape index (κ1) is 18.6. The Morgan fingerprint density at radius 1 is 1.19 bits per heavy atom. The highest BCUT2D eigenvalue weighted by Crippen LogP contribution is 2.57. The van der Waals surface area contributed by atoms with E-state index in [0.717, 1.165) is 16.7 Å². The van der Waals surface area contributed by atoms with Crippen molar-refractivity contribution >= 4 is 16.5 Å². The highest BCUT2D eigenvalue weighted by molar-refractivity contribution is 6.12. The lowest BCUT2D eigenvalue weighted by Crippen LogP contribution is -2.35. The summed E-state index contributed by atoms with van der Waals surface area (Å²) in [5.74, 6) is 0.638. The molecule has 1 atom stereocenters. The topological polar surface area (TPSA) is 62.8 Å². The summed E-state index contributed by atoms with van der Waals surface area (Å²) in [5.41, 5.74) is 10.7. The molecule has 0 spiro atoms. The summed E-state index contributed by atoms with van der Waals surface area (Å²) in [6.45, 7) is 15.4. The zero-order valence-electron chi connectivity index (χ0n) is 17.1. The summed E-state index contributed by atoms with van der Waals surface area (Å²) >= 11 is 0. The van der Waals surface area contributed by atoms with Crippen molar-refractivity contribution in [3.8, 4) is 0 Å². The number of aromatic nitrogens is 1. The minimum atomic E-state index is -0.145. The molecule has 0 saturated heterocycles. The second-order valence-electron chi connectivity index (χ2n) is 9.06. The smallest absolute Gasteiger partial charge is 0.0889 e. The Labute approximate surface area is 157 Å². The molecule has 1 aliphatic carbocycles. The maximum atomic E-state index is 8.89. The van der Waals surface area contributed by atoms with Crippen LogP contribution in [0.5, 0.6) is 0 Å². The first-order valence-corrected chi connectivity index (χ1v) is 9.48. The van der Waals surface area contributed by atoms with E-state index < -0.39 is 0 Å². The Morgan fingerprint density at radius 2 is 1.85 bits per heavy atom. The fourth-order valence-corrected chi connectivity index (χ4v) is 4.14. The number of nitrogens with zero attached hydrogens (tertiary/aromatic N) is 1. The molecule has 3 heteroatoms. The van der Waals surface area contributed by atoms with Crippen molar-refractivity contribution in [2.24, 2.45) is 22.5 Å². The van der Waals surface area contributed by atoms with Gasteiger partial charge in [-0.15, -0.1) is 0 Å². The van der Waals surface area contributed by atoms with Crippen molar-refractivity contribution in [3.63, 3.8) is 0 Å². The molecule has 26 heavy (non-hydrogen) atoms. The van der Waals surface area contributed by atoms with Crippen LogP contribution in [0.3, 0.4) is 0 Å². The van der Waals surface area contributed by atoms with Gasteiger partial charge in [-0.25, -0.2) is 0 Å². The third kappa shape index (κ3) is 2.48. The number of fused-ring (bicyclic) bond motifs is 1. The molecule has 0 amide bonds. The molecule has 1 heterocycles. The van der Waals surface area contributed by atoms with Crippen LogP contribution in [-0.4, -0.2) is 10.7 Å². The highest BCUT2D eigenvalue weighted by Gasteiger charge is 2.52. The second-order valence-corrected chi connectivity index (χ2v) is 9.06. The Hall–Kier alpha value is -2.16. The summed E-state index contributed by atoms with van der Waals surface area (Å²) in [6.07, 6.45) is 1.89. The van der Waals surface area contributed by atoms with Crippen molar-refractivity contribution in [2.45, 2.75) is 54.4 Å². The van der Waals surface area contributed by atoms with E-state index in [2.05, 4.69) is 77.7 Å². The summed E-state index contributed by atoms with van der Waals surface area (Å²) in [4.78, 5) is 4.60. The van der Waals surface area contributed by atoms with E-state index in [-0.39, 0.29) is 16.7 Å². The van der Waals surface area contributed by atoms with Crippen LogP contribution in [0.2, 0.25) is 0 Å². The molecule has 3 rings (SSSR count). The van der Waals surface area contributed by atoms with Gasteiger partial charge in [-0.05, 0) is 34.3 Å². The van der Waals surface area contributed by atoms with Gasteiger partial charge in [-0.1, -0.05) is 66.7 Å². The second kappa shape index (κ2) is 5.94. The SMILES string of the molecule is CC(C)c1cccc2cnc(C(=N)C3=C(N)C(C)(C)C(C)(C)C3C)cc12. The number of hydrogen-bond donors (Lipinski definition) is 2. The van der Waals surface area contributed by atoms with E-state index in [4.69, 9.17) is 11.1 Å². The highest BCUT2D eigenvalue weighted by atomic mass is 14.8. The van der Waals surface area contributed by atoms with Gasteiger partial charge in [0.2, 0.25) is 0 Å². The molecule has 1 aliphatic rings. The number of rotatable bonds is 3. The van der Waals surface area contributed by atoms with E-state index in [0.29, 0.717) is 17.3 Å². The minimum absolute atomic E-state index is 0.00133. The van der Waals surface area contributed by atoms with Crippen LogP contribution in [0, 0.1) is 22.2 Å². The lowest BCUT2D eigenvalue weighted by molar-refractivity contribution is 0.129. The fourth-order valence-electron chi connectivity index (χ4n) is 4.14. The number of pyridine rings is 1. The van der Waals surface area contributed by atoms with Crippen LogP contribution in [0.4, 0.5) is 0 Å². The van der Waals surface area contributed by atoms with Gasteiger partial charge in [0.15, 0.2) is 0 Å². The molecule has 1 aromatic heterocycles. The van der Waals surface area contributed by atoms with Crippen LogP contribution in [-0.2, 0) is 0 Å². The molecule has 2 aromatic rings. The largest absolute Gasteiger partial charge is 0.401 e. The Balaban J connectivity index is 2.14. The number of allylic oxidation sites excluding steroid dienone is 2. The number of nitrogens with two attached hydrogens (primary N) is 1. The normalized spacial score (nSPS) is 21.6. The molecule has 0 fully saturated rings. The van der Waals surface area contributed by atoms with Crippen LogP contribution in [0.25, 0.3) is 10.8 Å². The van der Waals surface area contributed by atoms with Gasteiger partial charge < -0.3 is 5.73 Å². The maximum absolute atomic E-state index is 8.89. The van der Waals surface area contributed by atoms with Crippen LogP contribution in [0.1, 0.15) is 65.6 Å². The summed E-state index contributed by atoms with van der Waals surface area (Å²) in [5, 5.41) is 11.2. The van der Waals surface area contributed by atoms with E-state index in [1.54, 1.807) is 0 Å². The molecule has 0 aliphatic heterocycles. The predicted molar refractivity (Wildman–Crippen MR) is 111 cm³/mol. The number of hydrogen-bond acceptors (Lipinski definition) is 3. The molecule has 3 N–H and O–H groups in total. The van der Waals surface area contributed by atoms with Crippen molar-refractivity contribution in [1.29, 1.82) is 5.41 Å². The standard InChI is InChI=1S/C23H31N3/c1-13(2)16-10-8-9-15-12-26-18(11-17(15)16)20(24)19-14(3)22(4,5)23(6,7)21(19)25/h8-14,24H,25H2,1-7H3. The van der Waals surface area contributed by atoms with Crippen molar-refractivity contribution in [2.75, 3.05) is 0 Å². The summed E-state index contributed by atoms with van der Waals surface area (Å²) in [7, 11) is 0. The zero-order chi connectivity index (χ0) is 19.4. The van der Waals surface area contributed by atoms with E-state index in [1.165, 1.54) is 10.9 Å². The van der Waals surface area contributed by atoms with E-state index in [9.17, 15) is 0 Å². The molecule has 1 unspecified atom stereocenters. The third-order valence-electron chi connectivity index (χ3n) is 7.03. The van der Waals surface area contributed by atoms with Gasteiger partial charge in [-0.3, -0.25) is 10.4 Å². The molecule has 0 bridgehead atoms. The lowest BCUT2D eigenvalue weighted by atomic mass is 9.65. The lowest BCUT2D eigenvalue weighted by Gasteiger charge is -2.39. The van der Waals surface area contributed by atoms with Gasteiger partial charge in [0, 0.05) is 28.3 Å². The van der Waals surface area contributed by atoms with Gasteiger partial charge in [-0.2, -0.15) is 0 Å². The first-order valence-electron chi connectivity index (χ1n) is 9.48. The maximum Gasteiger partial charge on any atom is 0.0889 e. The summed E-state index contributed by atoms with van der Waals surface area (Å²) < 4.78 is 0. The van der Waals surface area contributed by atoms with Crippen molar-refractivity contribution in [1.82, 2.24) is 4.98 Å². The quantitative estimate of drug-likeness (QED) is 0.704. The van der Waals surface area contributed by atoms with Crippen molar-refractivity contribution < 1.29 is 0 Å². The van der Waals surface area contributed by atoms with Gasteiger partial charge in [0.25, 0.3) is 0 Å². The molecule has 138 valence electrons. The van der Waals surface area contributed by atoms with Crippen LogP contribution in [0.15, 0.2) is 41.7 Å². The summed E-state index contributed by atoms with van der Waals surface area (Å²) in [6, 6.07) is 8.39. The number of nitrogens with one attached hydrogen (secondary N) is 1. The Kier molecular flexibility index (Phi) is 4.25. The van der Waals surface area contributed by atoms with Crippen LogP contribution >= 0.6 is 0 Å². The van der Waals surface area contributed by atoms with Gasteiger partial charge in [0.05, 0.1) is 11.4 Å². The average molecular weight is 350 g/mol. The van der Waals surface area contributed by atoms with Gasteiger partial charge >= 0.3 is 0 Å². The fraction of sp³-hybridized carbons (Fsp3) is 0.478. The molecular formula is C23H31N3. The van der Waals surface area contributed by atoms with Gasteiger partial charge in [0.1, 0.15) is 0 Å². The number of benzene rings is 1. The third-order valence-corrected chi connectivity index (χ3v) is 7.03. The monoisotopic (exact) mass is 349 g/mol. The Morgan fingerprint density at radius 3 is 2.38 bits per heavy atom. The average Bonchev–Trinajstić information content (AvgIpc) is 2.70. The molecular weight excluding hydrogens is 318 g/mol. The Bertz CT molecular complexity index is 916. The van der Waals surface area contributed by atoms with E-state index in [1.807, 2.05) is 6.20 Å². The van der Waals surface area contributed by atoms with Crippen molar-refractivity contribution in [3.05, 3.63) is 53.0 Å². The van der Waals surface area contributed by atoms with E-state index >= 15 is 0 Å². The molecule has 0 saturated carbocycles. The molecule has 0 radical (unpaired) electrons. The first-order chi connectivity index (χ1) is 12.0. The zero-order valence-corrected chi connectivity index (χ0v) is 17.1.